The predicted octanol–water partition coefficient (Wildman–Crippen LogP) is 6.01. The maximum absolute atomic E-state index is 13.2. The van der Waals surface area contributed by atoms with Crippen LogP contribution in [-0.4, -0.2) is 26.7 Å². The van der Waals surface area contributed by atoms with E-state index in [0.29, 0.717) is 33.1 Å². The SMILES string of the molecule is O=C(NC1CC1)[C@@H](Sc1nnc(-c2ccc(Cl)cc2Cl)n1Cc1ccco1)c1ccccc1. The van der Waals surface area contributed by atoms with Crippen molar-refractivity contribution in [2.45, 2.75) is 35.8 Å². The van der Waals surface area contributed by atoms with Crippen LogP contribution in [0.3, 0.4) is 0 Å². The number of aromatic nitrogens is 3. The van der Waals surface area contributed by atoms with E-state index < -0.39 is 5.25 Å². The Bertz CT molecular complexity index is 1260. The van der Waals surface area contributed by atoms with Crippen LogP contribution in [0.15, 0.2) is 76.5 Å². The maximum atomic E-state index is 13.2. The zero-order valence-corrected chi connectivity index (χ0v) is 19.8. The van der Waals surface area contributed by atoms with Gasteiger partial charge in [0.25, 0.3) is 0 Å². The highest BCUT2D eigenvalue weighted by molar-refractivity contribution is 8.00. The van der Waals surface area contributed by atoms with Crippen molar-refractivity contribution in [3.05, 3.63) is 88.3 Å². The quantitative estimate of drug-likeness (QED) is 0.301. The van der Waals surface area contributed by atoms with Crippen molar-refractivity contribution in [1.82, 2.24) is 20.1 Å². The monoisotopic (exact) mass is 498 g/mol. The van der Waals surface area contributed by atoms with E-state index in [9.17, 15) is 4.79 Å². The van der Waals surface area contributed by atoms with Crippen LogP contribution in [0.25, 0.3) is 11.4 Å². The van der Waals surface area contributed by atoms with Gasteiger partial charge in [-0.2, -0.15) is 0 Å². The van der Waals surface area contributed by atoms with Gasteiger partial charge in [0.2, 0.25) is 5.91 Å². The second-order valence-corrected chi connectivity index (χ2v) is 9.70. The summed E-state index contributed by atoms with van der Waals surface area (Å²) >= 11 is 13.9. The zero-order chi connectivity index (χ0) is 22.8. The third kappa shape index (κ3) is 5.11. The Hall–Kier alpha value is -2.74. The van der Waals surface area contributed by atoms with E-state index in [1.54, 1.807) is 18.4 Å². The van der Waals surface area contributed by atoms with Gasteiger partial charge in [-0.25, -0.2) is 0 Å². The number of nitrogens with zero attached hydrogens (tertiary/aromatic N) is 3. The lowest BCUT2D eigenvalue weighted by molar-refractivity contribution is -0.120. The molecule has 0 aliphatic heterocycles. The minimum absolute atomic E-state index is 0.0349. The largest absolute Gasteiger partial charge is 0.467 e. The maximum Gasteiger partial charge on any atom is 0.238 e. The number of nitrogens with one attached hydrogen (secondary N) is 1. The van der Waals surface area contributed by atoms with Crippen molar-refractivity contribution >= 4 is 40.9 Å². The number of carbonyl (C=O) groups is 1. The lowest BCUT2D eigenvalue weighted by atomic mass is 10.1. The van der Waals surface area contributed by atoms with E-state index in [1.165, 1.54) is 11.8 Å². The molecular weight excluding hydrogens is 479 g/mol. The number of amides is 1. The molecule has 0 unspecified atom stereocenters. The molecule has 1 amide bonds. The van der Waals surface area contributed by atoms with Crippen LogP contribution in [0, 0.1) is 0 Å². The van der Waals surface area contributed by atoms with E-state index in [-0.39, 0.29) is 11.9 Å². The Morgan fingerprint density at radius 2 is 1.94 bits per heavy atom. The smallest absolute Gasteiger partial charge is 0.238 e. The van der Waals surface area contributed by atoms with Crippen molar-refractivity contribution in [3.8, 4) is 11.4 Å². The van der Waals surface area contributed by atoms with Crippen LogP contribution >= 0.6 is 35.0 Å². The van der Waals surface area contributed by atoms with Crippen LogP contribution in [0.2, 0.25) is 10.0 Å². The van der Waals surface area contributed by atoms with Crippen LogP contribution in [0.5, 0.6) is 0 Å². The first-order valence-electron chi connectivity index (χ1n) is 10.5. The molecule has 2 aromatic heterocycles. The van der Waals surface area contributed by atoms with Crippen molar-refractivity contribution in [2.24, 2.45) is 0 Å². The minimum Gasteiger partial charge on any atom is -0.467 e. The number of halogens is 2. The molecule has 0 saturated heterocycles. The number of benzene rings is 2. The summed E-state index contributed by atoms with van der Waals surface area (Å²) in [6.45, 7) is 0.391. The highest BCUT2D eigenvalue weighted by Crippen LogP contribution is 2.38. The van der Waals surface area contributed by atoms with Gasteiger partial charge in [0, 0.05) is 16.6 Å². The number of hydrogen-bond donors (Lipinski definition) is 1. The summed E-state index contributed by atoms with van der Waals surface area (Å²) in [5.74, 6) is 1.28. The molecule has 1 atom stereocenters. The van der Waals surface area contributed by atoms with E-state index in [2.05, 4.69) is 15.5 Å². The normalized spacial score (nSPS) is 14.2. The first kappa shape index (κ1) is 22.1. The molecule has 1 aliphatic rings. The first-order chi connectivity index (χ1) is 16.1. The number of rotatable bonds is 8. The van der Waals surface area contributed by atoms with Crippen LogP contribution in [0.1, 0.15) is 29.4 Å². The highest BCUT2D eigenvalue weighted by Gasteiger charge is 2.31. The number of thioether (sulfide) groups is 1. The van der Waals surface area contributed by atoms with Crippen LogP contribution in [0.4, 0.5) is 0 Å². The van der Waals surface area contributed by atoms with Gasteiger partial charge in [0.1, 0.15) is 11.0 Å². The van der Waals surface area contributed by atoms with Gasteiger partial charge < -0.3 is 9.73 Å². The Morgan fingerprint density at radius 1 is 1.12 bits per heavy atom. The van der Waals surface area contributed by atoms with Gasteiger partial charge >= 0.3 is 0 Å². The third-order valence-corrected chi connectivity index (χ3v) is 7.05. The summed E-state index contributed by atoms with van der Waals surface area (Å²) in [6, 6.07) is 18.9. The average Bonchev–Trinajstić information content (AvgIpc) is 3.31. The second kappa shape index (κ2) is 9.63. The van der Waals surface area contributed by atoms with E-state index in [0.717, 1.165) is 24.2 Å². The molecule has 0 spiro atoms. The number of hydrogen-bond acceptors (Lipinski definition) is 5. The Morgan fingerprint density at radius 3 is 2.64 bits per heavy atom. The fraction of sp³-hybridized carbons (Fsp3) is 0.208. The minimum atomic E-state index is -0.472. The summed E-state index contributed by atoms with van der Waals surface area (Å²) in [6.07, 6.45) is 3.66. The molecule has 6 nitrogen and oxygen atoms in total. The van der Waals surface area contributed by atoms with Crippen LogP contribution in [-0.2, 0) is 11.3 Å². The summed E-state index contributed by atoms with van der Waals surface area (Å²) in [4.78, 5) is 13.2. The third-order valence-electron chi connectivity index (χ3n) is 5.27. The number of furan rings is 1. The molecule has 33 heavy (non-hydrogen) atoms. The molecule has 168 valence electrons. The second-order valence-electron chi connectivity index (χ2n) is 7.79. The molecule has 1 N–H and O–H groups in total. The lowest BCUT2D eigenvalue weighted by Crippen LogP contribution is -2.30. The lowest BCUT2D eigenvalue weighted by Gasteiger charge is -2.17. The Kier molecular flexibility index (Phi) is 6.44. The van der Waals surface area contributed by atoms with E-state index in [1.807, 2.05) is 53.1 Å². The van der Waals surface area contributed by atoms with Crippen molar-refractivity contribution < 1.29 is 9.21 Å². The van der Waals surface area contributed by atoms with E-state index in [4.69, 9.17) is 27.6 Å². The van der Waals surface area contributed by atoms with Crippen molar-refractivity contribution in [3.63, 3.8) is 0 Å². The van der Waals surface area contributed by atoms with Gasteiger partial charge in [-0.15, -0.1) is 10.2 Å². The average molecular weight is 499 g/mol. The van der Waals surface area contributed by atoms with Gasteiger partial charge in [-0.05, 0) is 48.7 Å². The standard InChI is InChI=1S/C24H20Cl2N4O2S/c25-16-8-11-19(20(26)13-16)22-28-29-24(30(22)14-18-7-4-12-32-18)33-21(15-5-2-1-3-6-15)23(31)27-17-9-10-17/h1-8,11-13,17,21H,9-10,14H2,(H,27,31)/t21-/m0/s1. The molecule has 1 saturated carbocycles. The fourth-order valence-electron chi connectivity index (χ4n) is 3.46. The van der Waals surface area contributed by atoms with Gasteiger partial charge in [0.15, 0.2) is 11.0 Å². The van der Waals surface area contributed by atoms with Gasteiger partial charge in [-0.3, -0.25) is 9.36 Å². The van der Waals surface area contributed by atoms with E-state index >= 15 is 0 Å². The molecule has 5 rings (SSSR count). The summed E-state index contributed by atoms with van der Waals surface area (Å²) in [7, 11) is 0. The molecule has 9 heteroatoms. The molecular formula is C24H20Cl2N4O2S. The molecule has 0 radical (unpaired) electrons. The fourth-order valence-corrected chi connectivity index (χ4v) is 5.00. The van der Waals surface area contributed by atoms with Gasteiger partial charge in [0.05, 0.1) is 17.8 Å². The Labute approximate surface area is 205 Å². The zero-order valence-electron chi connectivity index (χ0n) is 17.4. The predicted molar refractivity (Wildman–Crippen MR) is 129 cm³/mol. The summed E-state index contributed by atoms with van der Waals surface area (Å²) < 4.78 is 7.50. The van der Waals surface area contributed by atoms with Crippen molar-refractivity contribution in [2.75, 3.05) is 0 Å². The molecule has 4 aromatic rings. The molecule has 0 bridgehead atoms. The highest BCUT2D eigenvalue weighted by atomic mass is 35.5. The Balaban J connectivity index is 1.54. The first-order valence-corrected chi connectivity index (χ1v) is 12.1. The van der Waals surface area contributed by atoms with Crippen molar-refractivity contribution in [1.29, 1.82) is 0 Å². The topological polar surface area (TPSA) is 73.0 Å². The molecule has 2 aromatic carbocycles. The number of carbonyl (C=O) groups excluding carboxylic acids is 1. The summed E-state index contributed by atoms with van der Waals surface area (Å²) in [5, 5.41) is 13.1. The van der Waals surface area contributed by atoms with Crippen LogP contribution < -0.4 is 5.32 Å². The summed E-state index contributed by atoms with van der Waals surface area (Å²) in [5.41, 5.74) is 1.60. The molecule has 1 aliphatic carbocycles. The molecule has 1 fully saturated rings. The molecule has 2 heterocycles. The van der Waals surface area contributed by atoms with Gasteiger partial charge in [-0.1, -0.05) is 65.3 Å².